The van der Waals surface area contributed by atoms with Crippen molar-refractivity contribution in [2.75, 3.05) is 17.4 Å². The van der Waals surface area contributed by atoms with Gasteiger partial charge in [-0.15, -0.1) is 0 Å². The number of hydrogen-bond donors (Lipinski definition) is 1. The van der Waals surface area contributed by atoms with E-state index in [1.165, 1.54) is 35.2 Å². The molecule has 0 aliphatic heterocycles. The SMILES string of the molecule is CCCCNC(=O)[C@@H](CC)N(Cc1ccc(Cl)cc1)C(=O)CN(c1ccc(Cl)cc1Cl)S(=O)(=O)c1ccccc1. The van der Waals surface area contributed by atoms with Crippen LogP contribution in [0.3, 0.4) is 0 Å². The molecule has 1 N–H and O–H groups in total. The Hall–Kier alpha value is -2.78. The zero-order chi connectivity index (χ0) is 29.3. The second kappa shape index (κ2) is 14.7. The quantitative estimate of drug-likeness (QED) is 0.218. The summed E-state index contributed by atoms with van der Waals surface area (Å²) in [6.07, 6.45) is 2.02. The lowest BCUT2D eigenvalue weighted by Crippen LogP contribution is -2.52. The van der Waals surface area contributed by atoms with Crippen LogP contribution < -0.4 is 9.62 Å². The van der Waals surface area contributed by atoms with E-state index in [4.69, 9.17) is 34.8 Å². The van der Waals surface area contributed by atoms with E-state index >= 15 is 0 Å². The number of anilines is 1. The molecule has 0 bridgehead atoms. The molecule has 0 saturated carbocycles. The second-order valence-electron chi connectivity index (χ2n) is 9.14. The zero-order valence-corrected chi connectivity index (χ0v) is 25.4. The molecule has 1 atom stereocenters. The second-order valence-corrected chi connectivity index (χ2v) is 12.3. The van der Waals surface area contributed by atoms with Gasteiger partial charge >= 0.3 is 0 Å². The summed E-state index contributed by atoms with van der Waals surface area (Å²) in [6, 6.07) is 18.2. The summed E-state index contributed by atoms with van der Waals surface area (Å²) >= 11 is 18.6. The van der Waals surface area contributed by atoms with E-state index in [0.717, 1.165) is 22.7 Å². The highest BCUT2D eigenvalue weighted by atomic mass is 35.5. The molecule has 3 aromatic carbocycles. The Morgan fingerprint density at radius 2 is 1.55 bits per heavy atom. The lowest BCUT2D eigenvalue weighted by Gasteiger charge is -2.33. The molecule has 0 aromatic heterocycles. The number of sulfonamides is 1. The summed E-state index contributed by atoms with van der Waals surface area (Å²) < 4.78 is 28.6. The summed E-state index contributed by atoms with van der Waals surface area (Å²) in [5.41, 5.74) is 0.828. The third-order valence-electron chi connectivity index (χ3n) is 6.27. The fourth-order valence-electron chi connectivity index (χ4n) is 4.13. The Kier molecular flexibility index (Phi) is 11.7. The zero-order valence-electron chi connectivity index (χ0n) is 22.3. The third-order valence-corrected chi connectivity index (χ3v) is 8.83. The molecule has 2 amide bonds. The van der Waals surface area contributed by atoms with Crippen LogP contribution in [0.5, 0.6) is 0 Å². The van der Waals surface area contributed by atoms with Crippen molar-refractivity contribution in [2.24, 2.45) is 0 Å². The Morgan fingerprint density at radius 1 is 0.900 bits per heavy atom. The van der Waals surface area contributed by atoms with E-state index in [1.54, 1.807) is 49.4 Å². The van der Waals surface area contributed by atoms with E-state index < -0.39 is 28.5 Å². The van der Waals surface area contributed by atoms with Crippen molar-refractivity contribution in [3.05, 3.63) is 93.4 Å². The first-order valence-electron chi connectivity index (χ1n) is 12.9. The Morgan fingerprint density at radius 3 is 2.15 bits per heavy atom. The molecular formula is C29H32Cl3N3O4S. The third kappa shape index (κ3) is 8.13. The van der Waals surface area contributed by atoms with Gasteiger partial charge in [-0.1, -0.05) is 85.4 Å². The molecule has 0 aliphatic rings. The summed E-state index contributed by atoms with van der Waals surface area (Å²) in [5.74, 6) is -0.877. The molecule has 3 rings (SSSR count). The van der Waals surface area contributed by atoms with Gasteiger partial charge in [0.2, 0.25) is 11.8 Å². The molecule has 11 heteroatoms. The predicted molar refractivity (Wildman–Crippen MR) is 161 cm³/mol. The molecule has 0 fully saturated rings. The van der Waals surface area contributed by atoms with Gasteiger partial charge in [0, 0.05) is 23.1 Å². The van der Waals surface area contributed by atoms with Gasteiger partial charge in [-0.05, 0) is 60.9 Å². The van der Waals surface area contributed by atoms with Crippen LogP contribution in [0, 0.1) is 0 Å². The Balaban J connectivity index is 2.05. The maximum absolute atomic E-state index is 14.0. The number of hydrogen-bond acceptors (Lipinski definition) is 4. The van der Waals surface area contributed by atoms with Crippen molar-refractivity contribution in [1.82, 2.24) is 10.2 Å². The fraction of sp³-hybridized carbons (Fsp3) is 0.310. The average molecular weight is 625 g/mol. The van der Waals surface area contributed by atoms with E-state index in [1.807, 2.05) is 6.92 Å². The van der Waals surface area contributed by atoms with Crippen molar-refractivity contribution in [1.29, 1.82) is 0 Å². The average Bonchev–Trinajstić information content (AvgIpc) is 2.93. The molecule has 214 valence electrons. The minimum absolute atomic E-state index is 0.0116. The minimum atomic E-state index is -4.23. The number of carbonyl (C=O) groups is 2. The number of benzene rings is 3. The smallest absolute Gasteiger partial charge is 0.264 e. The standard InChI is InChI=1S/C29H32Cl3N3O4S/c1-3-5-17-33-29(37)26(4-2)34(19-21-11-13-22(30)14-12-21)28(36)20-35(27-16-15-23(31)18-25(27)32)40(38,39)24-9-7-6-8-10-24/h6-16,18,26H,3-5,17,19-20H2,1-2H3,(H,33,37)/t26-/m1/s1. The van der Waals surface area contributed by atoms with Gasteiger partial charge in [-0.3, -0.25) is 13.9 Å². The van der Waals surface area contributed by atoms with Crippen LogP contribution in [0.4, 0.5) is 5.69 Å². The molecule has 0 spiro atoms. The predicted octanol–water partition coefficient (Wildman–Crippen LogP) is 6.57. The molecule has 40 heavy (non-hydrogen) atoms. The molecule has 0 saturated heterocycles. The van der Waals surface area contributed by atoms with Crippen molar-refractivity contribution in [3.8, 4) is 0 Å². The number of unbranched alkanes of at least 4 members (excludes halogenated alkanes) is 1. The summed E-state index contributed by atoms with van der Waals surface area (Å²) in [7, 11) is -4.23. The Bertz CT molecular complexity index is 1400. The van der Waals surface area contributed by atoms with Crippen molar-refractivity contribution < 1.29 is 18.0 Å². The van der Waals surface area contributed by atoms with E-state index in [2.05, 4.69) is 5.32 Å². The van der Waals surface area contributed by atoms with Crippen LogP contribution in [0.2, 0.25) is 15.1 Å². The fourth-order valence-corrected chi connectivity index (χ4v) is 6.27. The summed E-state index contributed by atoms with van der Waals surface area (Å²) in [6.45, 7) is 3.78. The van der Waals surface area contributed by atoms with Gasteiger partial charge in [0.05, 0.1) is 15.6 Å². The maximum atomic E-state index is 14.0. The molecule has 7 nitrogen and oxygen atoms in total. The topological polar surface area (TPSA) is 86.8 Å². The first kappa shape index (κ1) is 31.7. The summed E-state index contributed by atoms with van der Waals surface area (Å²) in [5, 5.41) is 3.81. The van der Waals surface area contributed by atoms with Crippen LogP contribution in [-0.2, 0) is 26.2 Å². The largest absolute Gasteiger partial charge is 0.354 e. The van der Waals surface area contributed by atoms with Crippen LogP contribution in [0.25, 0.3) is 0 Å². The van der Waals surface area contributed by atoms with E-state index in [9.17, 15) is 18.0 Å². The number of halogens is 3. The molecule has 0 aliphatic carbocycles. The van der Waals surface area contributed by atoms with Gasteiger partial charge in [0.25, 0.3) is 10.0 Å². The molecule has 0 heterocycles. The van der Waals surface area contributed by atoms with Gasteiger partial charge in [-0.2, -0.15) is 0 Å². The lowest BCUT2D eigenvalue weighted by molar-refractivity contribution is -0.140. The summed E-state index contributed by atoms with van der Waals surface area (Å²) in [4.78, 5) is 28.6. The molecule has 0 radical (unpaired) electrons. The van der Waals surface area contributed by atoms with Gasteiger partial charge in [0.15, 0.2) is 0 Å². The molecule has 3 aromatic rings. The monoisotopic (exact) mass is 623 g/mol. The highest BCUT2D eigenvalue weighted by molar-refractivity contribution is 7.92. The number of nitrogens with zero attached hydrogens (tertiary/aromatic N) is 2. The normalized spacial score (nSPS) is 12.0. The van der Waals surface area contributed by atoms with Gasteiger partial charge in [0.1, 0.15) is 12.6 Å². The van der Waals surface area contributed by atoms with Gasteiger partial charge < -0.3 is 10.2 Å². The van der Waals surface area contributed by atoms with Crippen molar-refractivity contribution >= 4 is 62.3 Å². The highest BCUT2D eigenvalue weighted by Gasteiger charge is 2.34. The number of rotatable bonds is 13. The first-order valence-corrected chi connectivity index (χ1v) is 15.5. The maximum Gasteiger partial charge on any atom is 0.264 e. The van der Waals surface area contributed by atoms with Crippen LogP contribution in [0.1, 0.15) is 38.7 Å². The van der Waals surface area contributed by atoms with Crippen LogP contribution in [0.15, 0.2) is 77.7 Å². The number of carbonyl (C=O) groups excluding carboxylic acids is 2. The lowest BCUT2D eigenvalue weighted by atomic mass is 10.1. The number of nitrogens with one attached hydrogen (secondary N) is 1. The number of amides is 2. The van der Waals surface area contributed by atoms with Gasteiger partial charge in [-0.25, -0.2) is 8.42 Å². The molecule has 0 unspecified atom stereocenters. The van der Waals surface area contributed by atoms with E-state index in [0.29, 0.717) is 23.0 Å². The van der Waals surface area contributed by atoms with E-state index in [-0.39, 0.29) is 28.1 Å². The van der Waals surface area contributed by atoms with Crippen LogP contribution in [-0.4, -0.2) is 44.3 Å². The van der Waals surface area contributed by atoms with Crippen LogP contribution >= 0.6 is 34.8 Å². The Labute approximate surface area is 251 Å². The van der Waals surface area contributed by atoms with Crippen molar-refractivity contribution in [3.63, 3.8) is 0 Å². The van der Waals surface area contributed by atoms with Crippen molar-refractivity contribution in [2.45, 2.75) is 50.6 Å². The first-order chi connectivity index (χ1) is 19.1. The molecular weight excluding hydrogens is 593 g/mol. The highest BCUT2D eigenvalue weighted by Crippen LogP contribution is 2.33. The minimum Gasteiger partial charge on any atom is -0.354 e.